The lowest BCUT2D eigenvalue weighted by atomic mass is 9.88. The normalized spacial score (nSPS) is 13.4. The summed E-state index contributed by atoms with van der Waals surface area (Å²) in [4.78, 5) is 38.3. The number of rotatable bonds is 7. The van der Waals surface area contributed by atoms with Gasteiger partial charge >= 0.3 is 5.97 Å². The highest BCUT2D eigenvalue weighted by Gasteiger charge is 2.37. The number of carbonyl (C=O) groups is 3. The molecule has 1 aliphatic rings. The van der Waals surface area contributed by atoms with E-state index in [9.17, 15) is 14.4 Å². The number of fused-ring (bicyclic) bond motifs is 1. The predicted octanol–water partition coefficient (Wildman–Crippen LogP) is 4.15. The lowest BCUT2D eigenvalue weighted by molar-refractivity contribution is -0.151. The van der Waals surface area contributed by atoms with Crippen LogP contribution in [0.2, 0.25) is 0 Å². The number of imide groups is 1. The molecule has 1 aliphatic heterocycles. The minimum Gasteiger partial charge on any atom is -0.494 e. The van der Waals surface area contributed by atoms with Gasteiger partial charge in [0.25, 0.3) is 11.8 Å². The van der Waals surface area contributed by atoms with Crippen molar-refractivity contribution >= 4 is 23.5 Å². The molecular weight excluding hydrogens is 370 g/mol. The van der Waals surface area contributed by atoms with E-state index in [1.807, 2.05) is 26.8 Å². The molecular formula is C23H25NO5. The summed E-state index contributed by atoms with van der Waals surface area (Å²) >= 11 is 0. The number of esters is 1. The summed E-state index contributed by atoms with van der Waals surface area (Å²) in [7, 11) is 1.39. The maximum Gasteiger partial charge on any atom is 0.311 e. The van der Waals surface area contributed by atoms with Crippen LogP contribution < -0.4 is 9.64 Å². The van der Waals surface area contributed by atoms with Crippen LogP contribution in [-0.4, -0.2) is 31.5 Å². The maximum atomic E-state index is 12.7. The standard InChI is InChI=1S/C23H25NO5/c1-15-7-5-8-18-19(15)21(26)24(20(18)25)16-9-11-17(12-10-16)29-14-6-13-23(2,3)22(27)28-4/h5,7-12H,6,13-14H2,1-4H3. The van der Waals surface area contributed by atoms with Crippen molar-refractivity contribution in [2.24, 2.45) is 5.41 Å². The minimum atomic E-state index is -0.550. The van der Waals surface area contributed by atoms with Crippen molar-refractivity contribution in [1.82, 2.24) is 0 Å². The third-order valence-electron chi connectivity index (χ3n) is 5.17. The first-order valence-electron chi connectivity index (χ1n) is 9.56. The molecule has 0 fully saturated rings. The second kappa shape index (κ2) is 8.07. The van der Waals surface area contributed by atoms with Gasteiger partial charge in [-0.2, -0.15) is 0 Å². The van der Waals surface area contributed by atoms with Crippen molar-refractivity contribution in [3.05, 3.63) is 59.2 Å². The second-order valence-corrected chi connectivity index (χ2v) is 7.76. The van der Waals surface area contributed by atoms with E-state index < -0.39 is 5.41 Å². The van der Waals surface area contributed by atoms with Crippen LogP contribution in [0.3, 0.4) is 0 Å². The first-order valence-corrected chi connectivity index (χ1v) is 9.56. The number of methoxy groups -OCH3 is 1. The molecule has 0 bridgehead atoms. The zero-order valence-electron chi connectivity index (χ0n) is 17.2. The monoisotopic (exact) mass is 395 g/mol. The lowest BCUT2D eigenvalue weighted by Gasteiger charge is -2.21. The van der Waals surface area contributed by atoms with E-state index in [0.717, 1.165) is 5.56 Å². The van der Waals surface area contributed by atoms with Gasteiger partial charge in [-0.1, -0.05) is 12.1 Å². The number of amides is 2. The first-order chi connectivity index (χ1) is 13.8. The Kier molecular flexibility index (Phi) is 5.73. The van der Waals surface area contributed by atoms with Crippen LogP contribution in [0.1, 0.15) is 53.0 Å². The molecule has 0 N–H and O–H groups in total. The van der Waals surface area contributed by atoms with Gasteiger partial charge in [-0.15, -0.1) is 0 Å². The predicted molar refractivity (Wildman–Crippen MR) is 109 cm³/mol. The molecule has 6 nitrogen and oxygen atoms in total. The van der Waals surface area contributed by atoms with Gasteiger partial charge in [-0.3, -0.25) is 14.4 Å². The molecule has 29 heavy (non-hydrogen) atoms. The van der Waals surface area contributed by atoms with E-state index in [-0.39, 0.29) is 17.8 Å². The third kappa shape index (κ3) is 4.01. The zero-order valence-corrected chi connectivity index (χ0v) is 17.2. The van der Waals surface area contributed by atoms with Crippen LogP contribution in [0.5, 0.6) is 5.75 Å². The average molecular weight is 395 g/mol. The van der Waals surface area contributed by atoms with Gasteiger partial charge in [-0.05, 0) is 69.5 Å². The highest BCUT2D eigenvalue weighted by Crippen LogP contribution is 2.31. The molecule has 3 rings (SSSR count). The Morgan fingerprint density at radius 2 is 1.72 bits per heavy atom. The number of nitrogens with zero attached hydrogens (tertiary/aromatic N) is 1. The molecule has 0 aliphatic carbocycles. The van der Waals surface area contributed by atoms with Gasteiger partial charge in [0.05, 0.1) is 35.9 Å². The molecule has 0 saturated carbocycles. The average Bonchev–Trinajstić information content (AvgIpc) is 2.96. The van der Waals surface area contributed by atoms with Crippen molar-refractivity contribution in [1.29, 1.82) is 0 Å². The largest absolute Gasteiger partial charge is 0.494 e. The molecule has 0 spiro atoms. The smallest absolute Gasteiger partial charge is 0.311 e. The summed E-state index contributed by atoms with van der Waals surface area (Å²) in [6.07, 6.45) is 1.34. The quantitative estimate of drug-likeness (QED) is 0.400. The van der Waals surface area contributed by atoms with Crippen molar-refractivity contribution in [2.75, 3.05) is 18.6 Å². The molecule has 2 aromatic rings. The number of anilines is 1. The Hall–Kier alpha value is -3.15. The highest BCUT2D eigenvalue weighted by molar-refractivity contribution is 6.34. The van der Waals surface area contributed by atoms with Crippen LogP contribution >= 0.6 is 0 Å². The molecule has 2 aromatic carbocycles. The number of hydrogen-bond donors (Lipinski definition) is 0. The third-order valence-corrected chi connectivity index (χ3v) is 5.17. The van der Waals surface area contributed by atoms with Gasteiger partial charge in [0.1, 0.15) is 5.75 Å². The van der Waals surface area contributed by atoms with E-state index in [0.29, 0.717) is 42.0 Å². The molecule has 0 saturated heterocycles. The molecule has 0 atom stereocenters. The number of aryl methyl sites for hydroxylation is 1. The minimum absolute atomic E-state index is 0.238. The summed E-state index contributed by atoms with van der Waals surface area (Å²) in [6, 6.07) is 12.1. The fraction of sp³-hybridized carbons (Fsp3) is 0.348. The molecule has 6 heteroatoms. The van der Waals surface area contributed by atoms with E-state index >= 15 is 0 Å². The summed E-state index contributed by atoms with van der Waals surface area (Å²) in [5, 5.41) is 0. The van der Waals surface area contributed by atoms with Gasteiger partial charge in [-0.25, -0.2) is 4.90 Å². The summed E-state index contributed by atoms with van der Waals surface area (Å²) < 4.78 is 10.5. The summed E-state index contributed by atoms with van der Waals surface area (Å²) in [6.45, 7) is 5.97. The van der Waals surface area contributed by atoms with Gasteiger partial charge in [0.2, 0.25) is 0 Å². The molecule has 0 radical (unpaired) electrons. The number of hydrogen-bond acceptors (Lipinski definition) is 5. The van der Waals surface area contributed by atoms with Crippen molar-refractivity contribution in [3.8, 4) is 5.75 Å². The molecule has 0 aromatic heterocycles. The van der Waals surface area contributed by atoms with Crippen molar-refractivity contribution < 1.29 is 23.9 Å². The van der Waals surface area contributed by atoms with E-state index in [4.69, 9.17) is 9.47 Å². The fourth-order valence-corrected chi connectivity index (χ4v) is 3.46. The van der Waals surface area contributed by atoms with E-state index in [2.05, 4.69) is 0 Å². The summed E-state index contributed by atoms with van der Waals surface area (Å²) in [5.41, 5.74) is 1.65. The Labute approximate surface area is 170 Å². The summed E-state index contributed by atoms with van der Waals surface area (Å²) in [5.74, 6) is -0.218. The second-order valence-electron chi connectivity index (χ2n) is 7.76. The van der Waals surface area contributed by atoms with Crippen LogP contribution in [0, 0.1) is 12.3 Å². The topological polar surface area (TPSA) is 72.9 Å². The van der Waals surface area contributed by atoms with Gasteiger partial charge in [0.15, 0.2) is 0 Å². The Morgan fingerprint density at radius 3 is 2.34 bits per heavy atom. The van der Waals surface area contributed by atoms with Gasteiger partial charge in [0, 0.05) is 0 Å². The molecule has 0 unspecified atom stereocenters. The maximum absolute atomic E-state index is 12.7. The number of benzene rings is 2. The first kappa shape index (κ1) is 20.6. The van der Waals surface area contributed by atoms with E-state index in [1.54, 1.807) is 36.4 Å². The van der Waals surface area contributed by atoms with Crippen molar-refractivity contribution in [3.63, 3.8) is 0 Å². The molecule has 2 amide bonds. The Bertz CT molecular complexity index is 946. The molecule has 1 heterocycles. The van der Waals surface area contributed by atoms with Gasteiger partial charge < -0.3 is 9.47 Å². The molecule has 152 valence electrons. The Balaban J connectivity index is 1.62. The van der Waals surface area contributed by atoms with E-state index in [1.165, 1.54) is 12.0 Å². The zero-order chi connectivity index (χ0) is 21.2. The number of ether oxygens (including phenoxy) is 2. The SMILES string of the molecule is COC(=O)C(C)(C)CCCOc1ccc(N2C(=O)c3cccc(C)c3C2=O)cc1. The van der Waals surface area contributed by atoms with Crippen molar-refractivity contribution in [2.45, 2.75) is 33.6 Å². The Morgan fingerprint density at radius 1 is 1.03 bits per heavy atom. The number of carbonyl (C=O) groups excluding carboxylic acids is 3. The lowest BCUT2D eigenvalue weighted by Crippen LogP contribution is -2.29. The van der Waals surface area contributed by atoms with Crippen LogP contribution in [-0.2, 0) is 9.53 Å². The van der Waals surface area contributed by atoms with Crippen LogP contribution in [0.15, 0.2) is 42.5 Å². The fourth-order valence-electron chi connectivity index (χ4n) is 3.46. The van der Waals surface area contributed by atoms with Crippen LogP contribution in [0.4, 0.5) is 5.69 Å². The highest BCUT2D eigenvalue weighted by atomic mass is 16.5. The van der Waals surface area contributed by atoms with Crippen LogP contribution in [0.25, 0.3) is 0 Å².